The first-order valence-electron chi connectivity index (χ1n) is 5.64. The van der Waals surface area contributed by atoms with E-state index >= 15 is 0 Å². The molecule has 0 saturated heterocycles. The second-order valence-corrected chi connectivity index (χ2v) is 4.30. The van der Waals surface area contributed by atoms with Crippen LogP contribution in [0.2, 0.25) is 0 Å². The first kappa shape index (κ1) is 16.5. The van der Waals surface area contributed by atoms with E-state index in [1.54, 1.807) is 24.1 Å². The smallest absolute Gasteiger partial charge is 0.308 e. The Bertz CT molecular complexity index is 561. The Labute approximate surface area is 120 Å². The Morgan fingerprint density at radius 3 is 2.40 bits per heavy atom. The lowest BCUT2D eigenvalue weighted by Gasteiger charge is -2.06. The van der Waals surface area contributed by atoms with Gasteiger partial charge in [0.2, 0.25) is 0 Å². The van der Waals surface area contributed by atoms with Crippen molar-refractivity contribution in [1.82, 2.24) is 24.9 Å². The van der Waals surface area contributed by atoms with Gasteiger partial charge in [-0.25, -0.2) is 0 Å². The number of aryl methyl sites for hydroxylation is 2. The van der Waals surface area contributed by atoms with Crippen LogP contribution in [0.25, 0.3) is 0 Å². The summed E-state index contributed by atoms with van der Waals surface area (Å²) in [5.74, 6) is 0. The topological polar surface area (TPSA) is 47.7 Å². The number of alkyl halides is 3. The lowest BCUT2D eigenvalue weighted by atomic mass is 10.2. The van der Waals surface area contributed by atoms with E-state index in [1.807, 2.05) is 0 Å². The largest absolute Gasteiger partial charge is 0.435 e. The molecule has 1 N–H and O–H groups in total. The van der Waals surface area contributed by atoms with E-state index in [9.17, 15) is 13.2 Å². The van der Waals surface area contributed by atoms with Crippen molar-refractivity contribution in [2.45, 2.75) is 19.3 Å². The zero-order valence-electron chi connectivity index (χ0n) is 11.0. The fourth-order valence-electron chi connectivity index (χ4n) is 1.81. The second-order valence-electron chi connectivity index (χ2n) is 4.30. The Hall–Kier alpha value is -1.54. The molecule has 0 aromatic carbocycles. The van der Waals surface area contributed by atoms with E-state index in [2.05, 4.69) is 15.5 Å². The third kappa shape index (κ3) is 3.97. The minimum absolute atomic E-state index is 0. The molecule has 2 rings (SSSR count). The van der Waals surface area contributed by atoms with Gasteiger partial charge in [-0.3, -0.25) is 9.36 Å². The van der Waals surface area contributed by atoms with Crippen molar-refractivity contribution < 1.29 is 13.2 Å². The van der Waals surface area contributed by atoms with E-state index in [1.165, 1.54) is 17.9 Å². The summed E-state index contributed by atoms with van der Waals surface area (Å²) in [6, 6.07) is 0. The van der Waals surface area contributed by atoms with Gasteiger partial charge in [-0.2, -0.15) is 23.4 Å². The lowest BCUT2D eigenvalue weighted by molar-refractivity contribution is -0.142. The Kier molecular flexibility index (Phi) is 5.18. The van der Waals surface area contributed by atoms with Gasteiger partial charge in [-0.15, -0.1) is 12.4 Å². The Balaban J connectivity index is 0.00000200. The average molecular weight is 310 g/mol. The highest BCUT2D eigenvalue weighted by molar-refractivity contribution is 5.85. The van der Waals surface area contributed by atoms with Crippen LogP contribution < -0.4 is 5.32 Å². The first-order chi connectivity index (χ1) is 8.86. The number of hydrogen-bond donors (Lipinski definition) is 1. The third-order valence-electron chi connectivity index (χ3n) is 2.58. The molecule has 0 atom stereocenters. The molecule has 5 nitrogen and oxygen atoms in total. The maximum Gasteiger partial charge on any atom is 0.435 e. The Morgan fingerprint density at radius 1 is 1.15 bits per heavy atom. The van der Waals surface area contributed by atoms with Crippen LogP contribution in [-0.4, -0.2) is 19.6 Å². The second kappa shape index (κ2) is 6.27. The predicted octanol–water partition coefficient (Wildman–Crippen LogP) is 1.88. The molecular weight excluding hydrogens is 295 g/mol. The SMILES string of the molecule is Cl.Cn1cc(CNCc2cn(C)nc2C(F)(F)F)cn1. The van der Waals surface area contributed by atoms with Crippen LogP contribution in [0.3, 0.4) is 0 Å². The molecule has 0 unspecified atom stereocenters. The third-order valence-corrected chi connectivity index (χ3v) is 2.58. The van der Waals surface area contributed by atoms with Crippen molar-refractivity contribution in [2.24, 2.45) is 14.1 Å². The molecule has 0 radical (unpaired) electrons. The summed E-state index contributed by atoms with van der Waals surface area (Å²) in [6.45, 7) is 0.567. The molecule has 2 aromatic heterocycles. The lowest BCUT2D eigenvalue weighted by Crippen LogP contribution is -2.16. The molecule has 0 fully saturated rings. The molecule has 112 valence electrons. The standard InChI is InChI=1S/C11H14F3N5.ClH/c1-18-6-8(4-16-18)3-15-5-9-7-19(2)17-10(9)11(12,13)14;/h4,6-7,15H,3,5H2,1-2H3;1H. The molecule has 0 amide bonds. The number of hydrogen-bond acceptors (Lipinski definition) is 3. The van der Waals surface area contributed by atoms with E-state index in [0.29, 0.717) is 6.54 Å². The number of nitrogens with zero attached hydrogens (tertiary/aromatic N) is 4. The fraction of sp³-hybridized carbons (Fsp3) is 0.455. The highest BCUT2D eigenvalue weighted by Gasteiger charge is 2.36. The first-order valence-corrected chi connectivity index (χ1v) is 5.64. The van der Waals surface area contributed by atoms with E-state index in [-0.39, 0.29) is 24.5 Å². The molecule has 20 heavy (non-hydrogen) atoms. The van der Waals surface area contributed by atoms with Gasteiger partial charge in [0.05, 0.1) is 6.20 Å². The van der Waals surface area contributed by atoms with Crippen LogP contribution >= 0.6 is 12.4 Å². The average Bonchev–Trinajstić information content (AvgIpc) is 2.85. The molecular formula is C11H15ClF3N5. The van der Waals surface area contributed by atoms with Gasteiger partial charge >= 0.3 is 6.18 Å². The summed E-state index contributed by atoms with van der Waals surface area (Å²) >= 11 is 0. The van der Waals surface area contributed by atoms with E-state index < -0.39 is 11.9 Å². The van der Waals surface area contributed by atoms with Crippen LogP contribution in [0.1, 0.15) is 16.8 Å². The highest BCUT2D eigenvalue weighted by atomic mass is 35.5. The predicted molar refractivity (Wildman–Crippen MR) is 69.2 cm³/mol. The fourth-order valence-corrected chi connectivity index (χ4v) is 1.81. The highest BCUT2D eigenvalue weighted by Crippen LogP contribution is 2.30. The monoisotopic (exact) mass is 309 g/mol. The number of halogens is 4. The maximum atomic E-state index is 12.7. The molecule has 0 aliphatic heterocycles. The van der Waals surface area contributed by atoms with Crippen molar-refractivity contribution in [3.8, 4) is 0 Å². The van der Waals surface area contributed by atoms with Crippen molar-refractivity contribution >= 4 is 12.4 Å². The number of nitrogens with one attached hydrogen (secondary N) is 1. The van der Waals surface area contributed by atoms with E-state index in [0.717, 1.165) is 5.56 Å². The molecule has 0 saturated carbocycles. The molecule has 2 heterocycles. The molecule has 0 spiro atoms. The van der Waals surface area contributed by atoms with Gasteiger partial charge in [0.1, 0.15) is 0 Å². The van der Waals surface area contributed by atoms with Crippen LogP contribution in [-0.2, 0) is 33.4 Å². The molecule has 0 aliphatic rings. The van der Waals surface area contributed by atoms with Crippen LogP contribution in [0.15, 0.2) is 18.6 Å². The van der Waals surface area contributed by atoms with Gasteiger partial charge < -0.3 is 5.32 Å². The zero-order valence-corrected chi connectivity index (χ0v) is 11.8. The molecule has 9 heteroatoms. The molecule has 2 aromatic rings. The number of aromatic nitrogens is 4. The van der Waals surface area contributed by atoms with Gasteiger partial charge in [0, 0.05) is 50.7 Å². The van der Waals surface area contributed by atoms with Crippen molar-refractivity contribution in [3.63, 3.8) is 0 Å². The summed E-state index contributed by atoms with van der Waals surface area (Å²) in [7, 11) is 3.26. The van der Waals surface area contributed by atoms with Crippen molar-refractivity contribution in [2.75, 3.05) is 0 Å². The van der Waals surface area contributed by atoms with Gasteiger partial charge in [0.25, 0.3) is 0 Å². The van der Waals surface area contributed by atoms with Crippen LogP contribution in [0, 0.1) is 0 Å². The summed E-state index contributed by atoms with van der Waals surface area (Å²) in [5.41, 5.74) is 0.215. The van der Waals surface area contributed by atoms with E-state index in [4.69, 9.17) is 0 Å². The van der Waals surface area contributed by atoms with Crippen LogP contribution in [0.5, 0.6) is 0 Å². The normalized spacial score (nSPS) is 11.4. The van der Waals surface area contributed by atoms with Gasteiger partial charge in [-0.1, -0.05) is 0 Å². The van der Waals surface area contributed by atoms with Gasteiger partial charge in [0.15, 0.2) is 5.69 Å². The quantitative estimate of drug-likeness (QED) is 0.938. The molecule has 0 aliphatic carbocycles. The number of rotatable bonds is 4. The van der Waals surface area contributed by atoms with Crippen molar-refractivity contribution in [1.29, 1.82) is 0 Å². The summed E-state index contributed by atoms with van der Waals surface area (Å²) in [6.07, 6.45) is 0.424. The molecule has 0 bridgehead atoms. The minimum Gasteiger partial charge on any atom is -0.308 e. The minimum atomic E-state index is -4.42. The zero-order chi connectivity index (χ0) is 14.0. The summed E-state index contributed by atoms with van der Waals surface area (Å²) in [5, 5.41) is 10.4. The van der Waals surface area contributed by atoms with Gasteiger partial charge in [-0.05, 0) is 0 Å². The summed E-state index contributed by atoms with van der Waals surface area (Å²) in [4.78, 5) is 0. The Morgan fingerprint density at radius 2 is 1.85 bits per heavy atom. The van der Waals surface area contributed by atoms with Crippen molar-refractivity contribution in [3.05, 3.63) is 35.4 Å². The van der Waals surface area contributed by atoms with Crippen LogP contribution in [0.4, 0.5) is 13.2 Å². The summed E-state index contributed by atoms with van der Waals surface area (Å²) < 4.78 is 40.9. The maximum absolute atomic E-state index is 12.7.